The van der Waals surface area contributed by atoms with Crippen LogP contribution in [0.1, 0.15) is 89.2 Å². The molecular formula is C26H38O4. The number of carbonyl (C=O) groups excluding carboxylic acids is 1. The Balaban J connectivity index is 2.41. The van der Waals surface area contributed by atoms with Gasteiger partial charge in [0.15, 0.2) is 0 Å². The van der Waals surface area contributed by atoms with Crippen LogP contribution in [0.3, 0.4) is 0 Å². The number of phenols is 1. The van der Waals surface area contributed by atoms with Gasteiger partial charge in [-0.3, -0.25) is 4.79 Å². The zero-order chi connectivity index (χ0) is 22.1. The first-order valence-electron chi connectivity index (χ1n) is 11.4. The van der Waals surface area contributed by atoms with Crippen molar-refractivity contribution in [2.45, 2.75) is 84.5 Å². The molecule has 2 rings (SSSR count). The van der Waals surface area contributed by atoms with E-state index < -0.39 is 0 Å². The first-order chi connectivity index (χ1) is 14.4. The lowest BCUT2D eigenvalue weighted by Gasteiger charge is -2.32. The molecule has 0 aliphatic heterocycles. The molecule has 0 unspecified atom stereocenters. The maximum absolute atomic E-state index is 12.5. The summed E-state index contributed by atoms with van der Waals surface area (Å²) in [5, 5.41) is 20.0. The zero-order valence-corrected chi connectivity index (χ0v) is 18.9. The molecule has 0 saturated carbocycles. The van der Waals surface area contributed by atoms with Crippen molar-refractivity contribution in [3.05, 3.63) is 47.1 Å². The van der Waals surface area contributed by atoms with Crippen molar-refractivity contribution in [3.8, 4) is 11.5 Å². The molecule has 1 aliphatic rings. The van der Waals surface area contributed by atoms with Crippen molar-refractivity contribution in [1.29, 1.82) is 0 Å². The Morgan fingerprint density at radius 2 is 2.00 bits per heavy atom. The highest BCUT2D eigenvalue weighted by molar-refractivity contribution is 5.73. The number of hydrogen-bond donors (Lipinski definition) is 2. The molecule has 0 aromatic heterocycles. The number of phenolic OH excluding ortho intramolecular Hbond substituents is 1. The van der Waals surface area contributed by atoms with E-state index in [-0.39, 0.29) is 36.6 Å². The minimum absolute atomic E-state index is 0.0545. The van der Waals surface area contributed by atoms with Crippen LogP contribution in [0.4, 0.5) is 0 Å². The van der Waals surface area contributed by atoms with Gasteiger partial charge < -0.3 is 14.9 Å². The summed E-state index contributed by atoms with van der Waals surface area (Å²) in [7, 11) is 0. The Morgan fingerprint density at radius 1 is 1.23 bits per heavy atom. The molecule has 1 aromatic carbocycles. The van der Waals surface area contributed by atoms with Crippen LogP contribution >= 0.6 is 0 Å². The number of aryl methyl sites for hydroxylation is 1. The number of unbranched alkanes of at least 4 members (excludes halogenated alkanes) is 3. The first kappa shape index (κ1) is 24.2. The summed E-state index contributed by atoms with van der Waals surface area (Å²) >= 11 is 0. The van der Waals surface area contributed by atoms with Crippen LogP contribution in [0, 0.1) is 5.92 Å². The van der Waals surface area contributed by atoms with Crippen LogP contribution in [-0.4, -0.2) is 22.8 Å². The summed E-state index contributed by atoms with van der Waals surface area (Å²) in [5.74, 6) is 0.499. The lowest BCUT2D eigenvalue weighted by molar-refractivity contribution is -0.134. The van der Waals surface area contributed by atoms with Gasteiger partial charge in [-0.25, -0.2) is 0 Å². The molecule has 0 radical (unpaired) electrons. The number of hydrogen-bond acceptors (Lipinski definition) is 4. The van der Waals surface area contributed by atoms with E-state index in [1.54, 1.807) is 0 Å². The number of aliphatic hydroxyl groups is 1. The molecule has 166 valence electrons. The van der Waals surface area contributed by atoms with Gasteiger partial charge in [-0.05, 0) is 76.0 Å². The van der Waals surface area contributed by atoms with Gasteiger partial charge in [0.05, 0.1) is 0 Å². The predicted octanol–water partition coefficient (Wildman–Crippen LogP) is 6.21. The number of carbonyl (C=O) groups is 1. The molecule has 0 spiro atoms. The minimum atomic E-state index is -0.321. The molecule has 1 aliphatic carbocycles. The number of aliphatic hydroxyl groups excluding tert-OH is 1. The Labute approximate surface area is 181 Å². The van der Waals surface area contributed by atoms with Crippen LogP contribution in [0.5, 0.6) is 11.5 Å². The second-order valence-corrected chi connectivity index (χ2v) is 8.67. The van der Waals surface area contributed by atoms with E-state index in [4.69, 9.17) is 9.84 Å². The van der Waals surface area contributed by atoms with Gasteiger partial charge in [0, 0.05) is 24.5 Å². The molecule has 2 atom stereocenters. The number of allylic oxidation sites excluding steroid dienone is 3. The molecule has 2 N–H and O–H groups in total. The number of aromatic hydroxyl groups is 1. The van der Waals surface area contributed by atoms with Crippen LogP contribution in [0.25, 0.3) is 0 Å². The van der Waals surface area contributed by atoms with E-state index in [0.29, 0.717) is 24.2 Å². The highest BCUT2D eigenvalue weighted by Gasteiger charge is 2.31. The second-order valence-electron chi connectivity index (χ2n) is 8.67. The molecule has 30 heavy (non-hydrogen) atoms. The molecular weight excluding hydrogens is 376 g/mol. The number of rotatable bonds is 11. The van der Waals surface area contributed by atoms with Crippen molar-refractivity contribution in [1.82, 2.24) is 0 Å². The third kappa shape index (κ3) is 6.73. The van der Waals surface area contributed by atoms with Crippen molar-refractivity contribution < 1.29 is 19.7 Å². The fourth-order valence-corrected chi connectivity index (χ4v) is 4.27. The van der Waals surface area contributed by atoms with Crippen molar-refractivity contribution in [2.75, 3.05) is 6.61 Å². The molecule has 4 nitrogen and oxygen atoms in total. The quantitative estimate of drug-likeness (QED) is 0.195. The van der Waals surface area contributed by atoms with Gasteiger partial charge in [0.2, 0.25) is 0 Å². The standard InChI is InChI=1S/C26H38O4/c1-5-6-7-10-20-16-23(28)26(22-15-19(4)12-13-21(22)18(2)3)24(17-20)30-25(29)11-8-9-14-27/h15-17,21-22,27-28H,2,5-14H2,1,3-4H3/t21-,22+/m0/s1. The van der Waals surface area contributed by atoms with Crippen LogP contribution in [-0.2, 0) is 11.2 Å². The average molecular weight is 415 g/mol. The lowest BCUT2D eigenvalue weighted by Crippen LogP contribution is -2.19. The summed E-state index contributed by atoms with van der Waals surface area (Å²) in [4.78, 5) is 12.5. The lowest BCUT2D eigenvalue weighted by atomic mass is 9.73. The van der Waals surface area contributed by atoms with E-state index in [1.807, 2.05) is 19.1 Å². The van der Waals surface area contributed by atoms with Crippen LogP contribution in [0.2, 0.25) is 0 Å². The van der Waals surface area contributed by atoms with Crippen molar-refractivity contribution in [3.63, 3.8) is 0 Å². The molecule has 0 bridgehead atoms. The fraction of sp³-hybridized carbons (Fsp3) is 0.577. The van der Waals surface area contributed by atoms with Gasteiger partial charge in [0.25, 0.3) is 0 Å². The maximum Gasteiger partial charge on any atom is 0.311 e. The second kappa shape index (κ2) is 11.9. The molecule has 0 saturated heterocycles. The van der Waals surface area contributed by atoms with Crippen LogP contribution < -0.4 is 4.74 Å². The number of ether oxygens (including phenoxy) is 1. The van der Waals surface area contributed by atoms with E-state index in [2.05, 4.69) is 26.5 Å². The molecule has 0 heterocycles. The summed E-state index contributed by atoms with van der Waals surface area (Å²) in [5.41, 5.74) is 4.04. The molecule has 0 amide bonds. The van der Waals surface area contributed by atoms with E-state index in [9.17, 15) is 9.90 Å². The topological polar surface area (TPSA) is 66.8 Å². The van der Waals surface area contributed by atoms with E-state index in [1.165, 1.54) is 5.57 Å². The molecule has 0 fully saturated rings. The Morgan fingerprint density at radius 3 is 2.67 bits per heavy atom. The Bertz CT molecular complexity index is 763. The summed E-state index contributed by atoms with van der Waals surface area (Å²) in [6, 6.07) is 3.77. The van der Waals surface area contributed by atoms with Gasteiger partial charge in [0.1, 0.15) is 11.5 Å². The monoisotopic (exact) mass is 414 g/mol. The number of esters is 1. The zero-order valence-electron chi connectivity index (χ0n) is 18.9. The van der Waals surface area contributed by atoms with Crippen molar-refractivity contribution >= 4 is 5.97 Å². The number of benzene rings is 1. The van der Waals surface area contributed by atoms with Gasteiger partial charge in [-0.2, -0.15) is 0 Å². The minimum Gasteiger partial charge on any atom is -0.507 e. The third-order valence-corrected chi connectivity index (χ3v) is 5.98. The van der Waals surface area contributed by atoms with E-state index >= 15 is 0 Å². The van der Waals surface area contributed by atoms with Gasteiger partial charge in [-0.15, -0.1) is 0 Å². The smallest absolute Gasteiger partial charge is 0.311 e. The Hall–Kier alpha value is -2.07. The first-order valence-corrected chi connectivity index (χ1v) is 11.4. The van der Waals surface area contributed by atoms with Gasteiger partial charge in [-0.1, -0.05) is 43.6 Å². The summed E-state index contributed by atoms with van der Waals surface area (Å²) in [6.45, 7) is 10.5. The predicted molar refractivity (Wildman–Crippen MR) is 122 cm³/mol. The summed E-state index contributed by atoms with van der Waals surface area (Å²) in [6.07, 6.45) is 9.74. The Kier molecular flexibility index (Phi) is 9.64. The fourth-order valence-electron chi connectivity index (χ4n) is 4.27. The van der Waals surface area contributed by atoms with Gasteiger partial charge >= 0.3 is 5.97 Å². The normalized spacial score (nSPS) is 18.7. The largest absolute Gasteiger partial charge is 0.507 e. The van der Waals surface area contributed by atoms with E-state index in [0.717, 1.165) is 49.7 Å². The maximum atomic E-state index is 12.5. The average Bonchev–Trinajstić information content (AvgIpc) is 2.68. The highest BCUT2D eigenvalue weighted by atomic mass is 16.5. The SMILES string of the molecule is C=C(C)[C@@H]1CCC(C)=C[C@H]1c1c(O)cc(CCCCC)cc1OC(=O)CCCCO. The van der Waals surface area contributed by atoms with Crippen molar-refractivity contribution in [2.24, 2.45) is 5.92 Å². The molecule has 4 heteroatoms. The molecule has 1 aromatic rings. The highest BCUT2D eigenvalue weighted by Crippen LogP contribution is 2.47. The third-order valence-electron chi connectivity index (χ3n) is 5.98. The van der Waals surface area contributed by atoms with Crippen LogP contribution in [0.15, 0.2) is 35.9 Å². The summed E-state index contributed by atoms with van der Waals surface area (Å²) < 4.78 is 5.80.